The van der Waals surface area contributed by atoms with E-state index in [1.165, 1.54) is 22.9 Å². The molecule has 2 N–H and O–H groups in total. The largest absolute Gasteiger partial charge is 0.396 e. The molecule has 0 aliphatic carbocycles. The van der Waals surface area contributed by atoms with Crippen LogP contribution in [0, 0.1) is 18.6 Å². The van der Waals surface area contributed by atoms with Crippen LogP contribution >= 0.6 is 0 Å². The lowest BCUT2D eigenvalue weighted by Crippen LogP contribution is -2.05. The van der Waals surface area contributed by atoms with Crippen molar-refractivity contribution in [3.8, 4) is 17.1 Å². The Morgan fingerprint density at radius 3 is 2.62 bits per heavy atom. The number of benzene rings is 2. The highest BCUT2D eigenvalue weighted by Gasteiger charge is 2.16. The normalized spacial score (nSPS) is 10.8. The molecule has 0 atom stereocenters. The molecule has 0 spiro atoms. The van der Waals surface area contributed by atoms with E-state index in [-0.39, 0.29) is 17.2 Å². The molecule has 0 fully saturated rings. The van der Waals surface area contributed by atoms with Crippen molar-refractivity contribution < 1.29 is 8.78 Å². The first-order valence-corrected chi connectivity index (χ1v) is 6.17. The number of nitrogens with zero attached hydrogens (tertiary/aromatic N) is 4. The van der Waals surface area contributed by atoms with Gasteiger partial charge in [-0.25, -0.2) is 8.78 Å². The van der Waals surface area contributed by atoms with Gasteiger partial charge in [0, 0.05) is 5.56 Å². The number of nitrogen functional groups attached to an aromatic ring is 1. The zero-order valence-electron chi connectivity index (χ0n) is 11.1. The van der Waals surface area contributed by atoms with E-state index in [4.69, 9.17) is 5.73 Å². The van der Waals surface area contributed by atoms with Gasteiger partial charge in [0.15, 0.2) is 5.82 Å². The first-order chi connectivity index (χ1) is 10.1. The zero-order chi connectivity index (χ0) is 15.0. The Hall–Kier alpha value is -2.83. The molecule has 0 bridgehead atoms. The van der Waals surface area contributed by atoms with Crippen LogP contribution in [0.5, 0.6) is 0 Å². The van der Waals surface area contributed by atoms with Crippen LogP contribution in [0.25, 0.3) is 17.1 Å². The smallest absolute Gasteiger partial charge is 0.187 e. The minimum Gasteiger partial charge on any atom is -0.396 e. The molecular formula is C14H11F2N5. The Bertz CT molecular complexity index is 793. The average molecular weight is 287 g/mol. The number of tetrazole rings is 1. The van der Waals surface area contributed by atoms with Crippen LogP contribution in [0.2, 0.25) is 0 Å². The van der Waals surface area contributed by atoms with Crippen molar-refractivity contribution in [2.75, 3.05) is 5.73 Å². The molecular weight excluding hydrogens is 276 g/mol. The van der Waals surface area contributed by atoms with Gasteiger partial charge in [0.25, 0.3) is 0 Å². The number of halogens is 2. The second kappa shape index (κ2) is 4.93. The molecule has 5 nitrogen and oxygen atoms in total. The lowest BCUT2D eigenvalue weighted by atomic mass is 10.1. The Labute approximate surface area is 119 Å². The molecule has 3 rings (SSSR count). The Kier molecular flexibility index (Phi) is 3.09. The van der Waals surface area contributed by atoms with E-state index in [1.807, 2.05) is 0 Å². The number of aryl methyl sites for hydroxylation is 1. The van der Waals surface area contributed by atoms with Crippen molar-refractivity contribution in [1.29, 1.82) is 0 Å². The third-order valence-electron chi connectivity index (χ3n) is 3.13. The van der Waals surface area contributed by atoms with Crippen LogP contribution in [0.15, 0.2) is 36.4 Å². The van der Waals surface area contributed by atoms with Gasteiger partial charge < -0.3 is 5.73 Å². The molecule has 2 aromatic carbocycles. The van der Waals surface area contributed by atoms with E-state index < -0.39 is 11.6 Å². The van der Waals surface area contributed by atoms with Gasteiger partial charge in [0.1, 0.15) is 17.3 Å². The number of rotatable bonds is 2. The van der Waals surface area contributed by atoms with Gasteiger partial charge in [-0.15, -0.1) is 5.10 Å². The molecule has 0 aliphatic rings. The Morgan fingerprint density at radius 2 is 1.90 bits per heavy atom. The standard InChI is InChI=1S/C14H11F2N5/c1-8-3-2-4-10(15)13(8)21-14(18-19-20-21)9-5-6-12(17)11(16)7-9/h2-7H,17H2,1H3. The summed E-state index contributed by atoms with van der Waals surface area (Å²) in [6.07, 6.45) is 0. The van der Waals surface area contributed by atoms with Crippen molar-refractivity contribution in [3.05, 3.63) is 53.6 Å². The maximum atomic E-state index is 14.0. The van der Waals surface area contributed by atoms with Gasteiger partial charge in [0.2, 0.25) is 0 Å². The van der Waals surface area contributed by atoms with E-state index in [0.29, 0.717) is 11.1 Å². The predicted octanol–water partition coefficient (Wildman–Crippen LogP) is 2.50. The Morgan fingerprint density at radius 1 is 1.10 bits per heavy atom. The third kappa shape index (κ3) is 2.22. The second-order valence-corrected chi connectivity index (χ2v) is 4.56. The van der Waals surface area contributed by atoms with Gasteiger partial charge in [0.05, 0.1) is 5.69 Å². The predicted molar refractivity (Wildman–Crippen MR) is 73.7 cm³/mol. The molecule has 3 aromatic rings. The molecule has 106 valence electrons. The van der Waals surface area contributed by atoms with Crippen molar-refractivity contribution in [2.45, 2.75) is 6.92 Å². The van der Waals surface area contributed by atoms with Crippen molar-refractivity contribution in [1.82, 2.24) is 20.2 Å². The van der Waals surface area contributed by atoms with E-state index in [9.17, 15) is 8.78 Å². The lowest BCUT2D eigenvalue weighted by molar-refractivity contribution is 0.605. The molecule has 0 amide bonds. The summed E-state index contributed by atoms with van der Waals surface area (Å²) in [5, 5.41) is 11.2. The van der Waals surface area contributed by atoms with Crippen LogP contribution in [-0.4, -0.2) is 20.2 Å². The molecule has 1 heterocycles. The summed E-state index contributed by atoms with van der Waals surface area (Å²) in [6.45, 7) is 1.74. The molecule has 0 aliphatic heterocycles. The number of nitrogens with two attached hydrogens (primary N) is 1. The minimum absolute atomic E-state index is 0.0276. The van der Waals surface area contributed by atoms with Crippen molar-refractivity contribution in [2.24, 2.45) is 0 Å². The highest BCUT2D eigenvalue weighted by molar-refractivity contribution is 5.61. The van der Waals surface area contributed by atoms with E-state index >= 15 is 0 Å². The molecule has 0 saturated heterocycles. The van der Waals surface area contributed by atoms with Gasteiger partial charge >= 0.3 is 0 Å². The number of hydrogen-bond donors (Lipinski definition) is 1. The number of aromatic nitrogens is 4. The first kappa shape index (κ1) is 13.2. The van der Waals surface area contributed by atoms with Crippen LogP contribution < -0.4 is 5.73 Å². The lowest BCUT2D eigenvalue weighted by Gasteiger charge is -2.09. The summed E-state index contributed by atoms with van der Waals surface area (Å²) in [7, 11) is 0. The van der Waals surface area contributed by atoms with Crippen LogP contribution in [-0.2, 0) is 0 Å². The summed E-state index contributed by atoms with van der Waals surface area (Å²) in [5.41, 5.74) is 6.78. The molecule has 0 unspecified atom stereocenters. The second-order valence-electron chi connectivity index (χ2n) is 4.56. The summed E-state index contributed by atoms with van der Waals surface area (Å²) in [4.78, 5) is 0. The fourth-order valence-corrected chi connectivity index (χ4v) is 2.08. The maximum Gasteiger partial charge on any atom is 0.187 e. The highest BCUT2D eigenvalue weighted by Crippen LogP contribution is 2.25. The molecule has 1 aromatic heterocycles. The zero-order valence-corrected chi connectivity index (χ0v) is 11.1. The van der Waals surface area contributed by atoms with Crippen molar-refractivity contribution >= 4 is 5.69 Å². The third-order valence-corrected chi connectivity index (χ3v) is 3.13. The number of anilines is 1. The topological polar surface area (TPSA) is 69.6 Å². The molecule has 7 heteroatoms. The summed E-state index contributed by atoms with van der Waals surface area (Å²) < 4.78 is 28.9. The Balaban J connectivity index is 2.20. The number of hydrogen-bond acceptors (Lipinski definition) is 4. The van der Waals surface area contributed by atoms with E-state index in [1.54, 1.807) is 25.1 Å². The SMILES string of the molecule is Cc1cccc(F)c1-n1nnnc1-c1ccc(N)c(F)c1. The fourth-order valence-electron chi connectivity index (χ4n) is 2.08. The van der Waals surface area contributed by atoms with Gasteiger partial charge in [-0.2, -0.15) is 4.68 Å². The summed E-state index contributed by atoms with van der Waals surface area (Å²) in [6, 6.07) is 8.87. The van der Waals surface area contributed by atoms with Gasteiger partial charge in [-0.05, 0) is 47.2 Å². The quantitative estimate of drug-likeness (QED) is 0.735. The first-order valence-electron chi connectivity index (χ1n) is 6.17. The van der Waals surface area contributed by atoms with E-state index in [0.717, 1.165) is 0 Å². The van der Waals surface area contributed by atoms with Crippen LogP contribution in [0.3, 0.4) is 0 Å². The fraction of sp³-hybridized carbons (Fsp3) is 0.0714. The minimum atomic E-state index is -0.577. The van der Waals surface area contributed by atoms with Crippen molar-refractivity contribution in [3.63, 3.8) is 0 Å². The molecule has 21 heavy (non-hydrogen) atoms. The van der Waals surface area contributed by atoms with E-state index in [2.05, 4.69) is 15.5 Å². The maximum absolute atomic E-state index is 14.0. The van der Waals surface area contributed by atoms with Crippen LogP contribution in [0.1, 0.15) is 5.56 Å². The summed E-state index contributed by atoms with van der Waals surface area (Å²) in [5.74, 6) is -0.797. The average Bonchev–Trinajstić information content (AvgIpc) is 2.91. The van der Waals surface area contributed by atoms with Crippen LogP contribution in [0.4, 0.5) is 14.5 Å². The number of para-hydroxylation sites is 1. The van der Waals surface area contributed by atoms with Gasteiger partial charge in [-0.1, -0.05) is 12.1 Å². The van der Waals surface area contributed by atoms with Gasteiger partial charge in [-0.3, -0.25) is 0 Å². The summed E-state index contributed by atoms with van der Waals surface area (Å²) >= 11 is 0. The molecule has 0 saturated carbocycles. The molecule has 0 radical (unpaired) electrons. The monoisotopic (exact) mass is 287 g/mol. The highest BCUT2D eigenvalue weighted by atomic mass is 19.1.